The molecular formula is C19H13N3O3S. The minimum absolute atomic E-state index is 0.0123. The highest BCUT2D eigenvalue weighted by Crippen LogP contribution is 2.22. The van der Waals surface area contributed by atoms with Gasteiger partial charge in [0.2, 0.25) is 0 Å². The summed E-state index contributed by atoms with van der Waals surface area (Å²) in [5.74, 6) is -0.340. The van der Waals surface area contributed by atoms with Crippen molar-refractivity contribution >= 4 is 43.9 Å². The van der Waals surface area contributed by atoms with Crippen molar-refractivity contribution < 1.29 is 9.72 Å². The zero-order valence-corrected chi connectivity index (χ0v) is 14.6. The highest BCUT2D eigenvalue weighted by Gasteiger charge is 2.11. The fraction of sp³-hybridized carbons (Fsp3) is 0.0526. The number of aromatic nitrogens is 1. The first-order valence-corrected chi connectivity index (χ1v) is 8.66. The molecule has 6 nitrogen and oxygen atoms in total. The van der Waals surface area contributed by atoms with Crippen molar-refractivity contribution in [3.63, 3.8) is 0 Å². The lowest BCUT2D eigenvalue weighted by Gasteiger charge is -2.00. The van der Waals surface area contributed by atoms with E-state index in [0.717, 1.165) is 15.5 Å². The Labute approximate surface area is 151 Å². The molecule has 0 saturated heterocycles. The van der Waals surface area contributed by atoms with Crippen LogP contribution < -0.4 is 4.80 Å². The van der Waals surface area contributed by atoms with Gasteiger partial charge in [0.05, 0.1) is 15.1 Å². The standard InChI is InChI=1S/C19H13N3O3S/c1-21-16-11-15(22(24)25)8-9-17(16)26-19(21)20-18(23)14-7-6-12-4-2-3-5-13(12)10-14/h2-11H,1H3. The van der Waals surface area contributed by atoms with Crippen LogP contribution in [0.5, 0.6) is 0 Å². The molecule has 26 heavy (non-hydrogen) atoms. The number of nitro groups is 1. The average molecular weight is 363 g/mol. The number of amides is 1. The van der Waals surface area contributed by atoms with Crippen LogP contribution in [0.4, 0.5) is 5.69 Å². The van der Waals surface area contributed by atoms with E-state index in [0.29, 0.717) is 15.9 Å². The van der Waals surface area contributed by atoms with E-state index in [1.165, 1.54) is 23.5 Å². The molecule has 0 aliphatic rings. The first kappa shape index (κ1) is 16.2. The van der Waals surface area contributed by atoms with Gasteiger partial charge in [0.1, 0.15) is 0 Å². The van der Waals surface area contributed by atoms with Crippen molar-refractivity contribution in [1.29, 1.82) is 0 Å². The molecule has 0 aliphatic heterocycles. The number of carbonyl (C=O) groups excluding carboxylic acids is 1. The van der Waals surface area contributed by atoms with Crippen LogP contribution in [0.3, 0.4) is 0 Å². The fourth-order valence-electron chi connectivity index (χ4n) is 2.81. The lowest BCUT2D eigenvalue weighted by Crippen LogP contribution is -2.13. The van der Waals surface area contributed by atoms with E-state index < -0.39 is 4.92 Å². The number of rotatable bonds is 2. The van der Waals surface area contributed by atoms with Gasteiger partial charge in [-0.1, -0.05) is 41.7 Å². The molecule has 0 unspecified atom stereocenters. The lowest BCUT2D eigenvalue weighted by molar-refractivity contribution is -0.384. The molecule has 0 aliphatic carbocycles. The molecule has 0 N–H and O–H groups in total. The van der Waals surface area contributed by atoms with Crippen LogP contribution in [0.25, 0.3) is 21.0 Å². The van der Waals surface area contributed by atoms with Crippen LogP contribution in [-0.2, 0) is 7.05 Å². The van der Waals surface area contributed by atoms with Gasteiger partial charge in [-0.3, -0.25) is 14.9 Å². The third kappa shape index (κ3) is 2.78. The lowest BCUT2D eigenvalue weighted by atomic mass is 10.1. The van der Waals surface area contributed by atoms with Crippen LogP contribution in [0, 0.1) is 10.1 Å². The summed E-state index contributed by atoms with van der Waals surface area (Å²) in [7, 11) is 1.75. The van der Waals surface area contributed by atoms with Gasteiger partial charge in [0.15, 0.2) is 4.80 Å². The number of carbonyl (C=O) groups is 1. The maximum Gasteiger partial charge on any atom is 0.279 e. The number of aryl methyl sites for hydroxylation is 1. The van der Waals surface area contributed by atoms with Crippen LogP contribution in [0.1, 0.15) is 10.4 Å². The van der Waals surface area contributed by atoms with Crippen molar-refractivity contribution in [3.05, 3.63) is 81.1 Å². The summed E-state index contributed by atoms with van der Waals surface area (Å²) >= 11 is 1.32. The Balaban J connectivity index is 1.80. The zero-order valence-electron chi connectivity index (χ0n) is 13.7. The summed E-state index contributed by atoms with van der Waals surface area (Å²) in [4.78, 5) is 27.8. The van der Waals surface area contributed by atoms with E-state index in [1.807, 2.05) is 36.4 Å². The molecule has 3 aromatic carbocycles. The predicted molar refractivity (Wildman–Crippen MR) is 101 cm³/mol. The molecule has 1 amide bonds. The van der Waals surface area contributed by atoms with Crippen molar-refractivity contribution in [3.8, 4) is 0 Å². The van der Waals surface area contributed by atoms with Crippen molar-refractivity contribution in [2.45, 2.75) is 0 Å². The van der Waals surface area contributed by atoms with Crippen LogP contribution in [0.2, 0.25) is 0 Å². The van der Waals surface area contributed by atoms with Gasteiger partial charge in [-0.2, -0.15) is 4.99 Å². The number of nitrogens with zero attached hydrogens (tertiary/aromatic N) is 3. The molecule has 0 spiro atoms. The largest absolute Gasteiger partial charge is 0.319 e. The number of nitro benzene ring substituents is 1. The molecule has 4 aromatic rings. The normalized spacial score (nSPS) is 12.0. The number of hydrogen-bond donors (Lipinski definition) is 0. The van der Waals surface area contributed by atoms with E-state index in [9.17, 15) is 14.9 Å². The van der Waals surface area contributed by atoms with Crippen LogP contribution in [0.15, 0.2) is 65.7 Å². The maximum atomic E-state index is 12.6. The summed E-state index contributed by atoms with van der Waals surface area (Å²) in [6.45, 7) is 0. The van der Waals surface area contributed by atoms with Gasteiger partial charge in [-0.15, -0.1) is 0 Å². The van der Waals surface area contributed by atoms with Crippen molar-refractivity contribution in [1.82, 2.24) is 4.57 Å². The number of non-ortho nitro benzene ring substituents is 1. The number of thiazole rings is 1. The predicted octanol–water partition coefficient (Wildman–Crippen LogP) is 4.04. The van der Waals surface area contributed by atoms with E-state index in [2.05, 4.69) is 4.99 Å². The Bertz CT molecular complexity index is 1250. The Hall–Kier alpha value is -3.32. The molecule has 1 heterocycles. The summed E-state index contributed by atoms with van der Waals surface area (Å²) in [6, 6.07) is 17.9. The number of hydrogen-bond acceptors (Lipinski definition) is 4. The quantitative estimate of drug-likeness (QED) is 0.398. The molecule has 0 radical (unpaired) electrons. The van der Waals surface area contributed by atoms with Gasteiger partial charge in [-0.25, -0.2) is 0 Å². The molecule has 0 fully saturated rings. The summed E-state index contributed by atoms with van der Waals surface area (Å²) in [6.07, 6.45) is 0. The second kappa shape index (κ2) is 6.20. The summed E-state index contributed by atoms with van der Waals surface area (Å²) < 4.78 is 2.54. The summed E-state index contributed by atoms with van der Waals surface area (Å²) in [5, 5.41) is 13.0. The second-order valence-corrected chi connectivity index (χ2v) is 6.84. The van der Waals surface area contributed by atoms with Gasteiger partial charge >= 0.3 is 0 Å². The van der Waals surface area contributed by atoms with E-state index in [4.69, 9.17) is 0 Å². The monoisotopic (exact) mass is 363 g/mol. The molecule has 1 aromatic heterocycles. The average Bonchev–Trinajstić information content (AvgIpc) is 2.96. The molecule has 0 saturated carbocycles. The highest BCUT2D eigenvalue weighted by atomic mass is 32.1. The van der Waals surface area contributed by atoms with Crippen LogP contribution >= 0.6 is 11.3 Å². The van der Waals surface area contributed by atoms with Crippen LogP contribution in [-0.4, -0.2) is 15.4 Å². The molecule has 7 heteroatoms. The Morgan fingerprint density at radius 3 is 2.62 bits per heavy atom. The van der Waals surface area contributed by atoms with Gasteiger partial charge in [-0.05, 0) is 29.0 Å². The number of benzene rings is 3. The Kier molecular flexibility index (Phi) is 3.85. The SMILES string of the molecule is Cn1c(=NC(=O)c2ccc3ccccc3c2)sc2ccc([N+](=O)[O-])cc21. The molecule has 0 bridgehead atoms. The topological polar surface area (TPSA) is 77.5 Å². The first-order chi connectivity index (χ1) is 12.5. The molecule has 128 valence electrons. The van der Waals surface area contributed by atoms with E-state index in [-0.39, 0.29) is 11.6 Å². The van der Waals surface area contributed by atoms with Crippen molar-refractivity contribution in [2.24, 2.45) is 12.0 Å². The highest BCUT2D eigenvalue weighted by molar-refractivity contribution is 7.16. The zero-order chi connectivity index (χ0) is 18.3. The molecule has 4 rings (SSSR count). The second-order valence-electron chi connectivity index (χ2n) is 5.83. The smallest absolute Gasteiger partial charge is 0.279 e. The summed E-state index contributed by atoms with van der Waals surface area (Å²) in [5.41, 5.74) is 1.19. The Morgan fingerprint density at radius 1 is 1.08 bits per heavy atom. The Morgan fingerprint density at radius 2 is 1.85 bits per heavy atom. The molecule has 0 atom stereocenters. The third-order valence-electron chi connectivity index (χ3n) is 4.20. The molecular weight excluding hydrogens is 350 g/mol. The number of fused-ring (bicyclic) bond motifs is 2. The minimum atomic E-state index is -0.436. The fourth-order valence-corrected chi connectivity index (χ4v) is 3.81. The van der Waals surface area contributed by atoms with Gasteiger partial charge in [0, 0.05) is 24.7 Å². The van der Waals surface area contributed by atoms with E-state index >= 15 is 0 Å². The first-order valence-electron chi connectivity index (χ1n) is 7.85. The van der Waals surface area contributed by atoms with Gasteiger partial charge in [0.25, 0.3) is 11.6 Å². The minimum Gasteiger partial charge on any atom is -0.319 e. The van der Waals surface area contributed by atoms with Gasteiger partial charge < -0.3 is 4.57 Å². The van der Waals surface area contributed by atoms with Crippen molar-refractivity contribution in [2.75, 3.05) is 0 Å². The van der Waals surface area contributed by atoms with E-state index in [1.54, 1.807) is 23.7 Å². The third-order valence-corrected chi connectivity index (χ3v) is 5.31. The maximum absolute atomic E-state index is 12.6.